The molecular formula is C17H16N4O2. The molecule has 0 saturated heterocycles. The Morgan fingerprint density at radius 3 is 2.74 bits per heavy atom. The third-order valence-electron chi connectivity index (χ3n) is 3.33. The molecule has 0 atom stereocenters. The number of carbonyl (C=O) groups excluding carboxylic acids is 1. The second-order valence-electron chi connectivity index (χ2n) is 4.95. The number of carbonyl (C=O) groups is 1. The normalized spacial score (nSPS) is 10.3. The average molecular weight is 308 g/mol. The van der Waals surface area contributed by atoms with Crippen molar-refractivity contribution in [2.45, 2.75) is 13.5 Å². The maximum Gasteiger partial charge on any atom is 0.412 e. The zero-order valence-corrected chi connectivity index (χ0v) is 12.6. The number of benzene rings is 1. The van der Waals surface area contributed by atoms with Gasteiger partial charge in [-0.15, -0.1) is 0 Å². The van der Waals surface area contributed by atoms with Gasteiger partial charge in [0.25, 0.3) is 0 Å². The molecule has 2 heterocycles. The zero-order valence-electron chi connectivity index (χ0n) is 12.6. The molecule has 2 aromatic heterocycles. The third-order valence-corrected chi connectivity index (χ3v) is 3.33. The molecule has 0 radical (unpaired) electrons. The number of amides is 1. The van der Waals surface area contributed by atoms with Gasteiger partial charge in [-0.05, 0) is 30.7 Å². The van der Waals surface area contributed by atoms with E-state index in [0.29, 0.717) is 12.3 Å². The fourth-order valence-electron chi connectivity index (χ4n) is 2.14. The molecule has 0 aliphatic heterocycles. The van der Waals surface area contributed by atoms with E-state index in [4.69, 9.17) is 4.74 Å². The summed E-state index contributed by atoms with van der Waals surface area (Å²) in [6.07, 6.45) is 4.39. The van der Waals surface area contributed by atoms with Gasteiger partial charge in [0.2, 0.25) is 0 Å². The lowest BCUT2D eigenvalue weighted by atomic mass is 10.3. The van der Waals surface area contributed by atoms with Crippen molar-refractivity contribution >= 4 is 6.09 Å². The Labute approximate surface area is 133 Å². The SMILES string of the molecule is Cc1c(OC(=O)NCc2cccnc2)cnn1-c1ccccc1. The molecule has 6 nitrogen and oxygen atoms in total. The molecule has 116 valence electrons. The van der Waals surface area contributed by atoms with Crippen LogP contribution in [0.3, 0.4) is 0 Å². The summed E-state index contributed by atoms with van der Waals surface area (Å²) in [7, 11) is 0. The first-order chi connectivity index (χ1) is 11.2. The van der Waals surface area contributed by atoms with E-state index < -0.39 is 6.09 Å². The summed E-state index contributed by atoms with van der Waals surface area (Å²) < 4.78 is 7.04. The second-order valence-corrected chi connectivity index (χ2v) is 4.95. The molecule has 0 aliphatic carbocycles. The van der Waals surface area contributed by atoms with Gasteiger partial charge in [-0.25, -0.2) is 9.48 Å². The average Bonchev–Trinajstić information content (AvgIpc) is 2.95. The van der Waals surface area contributed by atoms with Gasteiger partial charge in [-0.3, -0.25) is 4.98 Å². The Balaban J connectivity index is 1.64. The molecule has 0 unspecified atom stereocenters. The van der Waals surface area contributed by atoms with Gasteiger partial charge in [0.1, 0.15) is 0 Å². The van der Waals surface area contributed by atoms with Crippen LogP contribution < -0.4 is 10.1 Å². The first-order valence-corrected chi connectivity index (χ1v) is 7.18. The van der Waals surface area contributed by atoms with Crippen LogP contribution in [0, 0.1) is 6.92 Å². The number of nitrogens with one attached hydrogen (secondary N) is 1. The maximum atomic E-state index is 11.9. The molecule has 3 aromatic rings. The number of nitrogens with zero attached hydrogens (tertiary/aromatic N) is 3. The first-order valence-electron chi connectivity index (χ1n) is 7.18. The van der Waals surface area contributed by atoms with Gasteiger partial charge < -0.3 is 10.1 Å². The third kappa shape index (κ3) is 3.55. The molecule has 6 heteroatoms. The van der Waals surface area contributed by atoms with Crippen LogP contribution in [0.15, 0.2) is 61.1 Å². The number of rotatable bonds is 4. The van der Waals surface area contributed by atoms with Crippen LogP contribution in [0.1, 0.15) is 11.3 Å². The highest BCUT2D eigenvalue weighted by Gasteiger charge is 2.12. The molecule has 0 saturated carbocycles. The van der Waals surface area contributed by atoms with Crippen LogP contribution in [0.5, 0.6) is 5.75 Å². The van der Waals surface area contributed by atoms with Crippen molar-refractivity contribution in [3.63, 3.8) is 0 Å². The topological polar surface area (TPSA) is 69.0 Å². The predicted octanol–water partition coefficient (Wildman–Crippen LogP) is 2.86. The van der Waals surface area contributed by atoms with E-state index in [1.807, 2.05) is 49.4 Å². The fourth-order valence-corrected chi connectivity index (χ4v) is 2.14. The van der Waals surface area contributed by atoms with Crippen LogP contribution in [0.25, 0.3) is 5.69 Å². The minimum absolute atomic E-state index is 0.360. The van der Waals surface area contributed by atoms with E-state index in [1.54, 1.807) is 17.1 Å². The van der Waals surface area contributed by atoms with Crippen molar-refractivity contribution < 1.29 is 9.53 Å². The highest BCUT2D eigenvalue weighted by Crippen LogP contribution is 2.20. The molecule has 1 aromatic carbocycles. The van der Waals surface area contributed by atoms with E-state index in [2.05, 4.69) is 15.4 Å². The van der Waals surface area contributed by atoms with Crippen molar-refractivity contribution in [3.8, 4) is 11.4 Å². The van der Waals surface area contributed by atoms with Gasteiger partial charge in [0.05, 0.1) is 17.6 Å². The number of aromatic nitrogens is 3. The Bertz CT molecular complexity index is 785. The molecule has 0 bridgehead atoms. The van der Waals surface area contributed by atoms with Crippen LogP contribution in [0.4, 0.5) is 4.79 Å². The maximum absolute atomic E-state index is 11.9. The standard InChI is InChI=1S/C17H16N4O2/c1-13-16(12-20-21(13)15-7-3-2-4-8-15)23-17(22)19-11-14-6-5-9-18-10-14/h2-10,12H,11H2,1H3,(H,19,22). The molecular weight excluding hydrogens is 292 g/mol. The predicted molar refractivity (Wildman–Crippen MR) is 85.4 cm³/mol. The van der Waals surface area contributed by atoms with E-state index in [0.717, 1.165) is 16.9 Å². The van der Waals surface area contributed by atoms with Crippen molar-refractivity contribution in [2.75, 3.05) is 0 Å². The van der Waals surface area contributed by atoms with E-state index in [-0.39, 0.29) is 0 Å². The lowest BCUT2D eigenvalue weighted by Crippen LogP contribution is -2.26. The van der Waals surface area contributed by atoms with Crippen LogP contribution >= 0.6 is 0 Å². The Hall–Kier alpha value is -3.15. The molecule has 0 fully saturated rings. The molecule has 3 rings (SSSR count). The van der Waals surface area contributed by atoms with Gasteiger partial charge >= 0.3 is 6.09 Å². The first kappa shape index (κ1) is 14.8. The van der Waals surface area contributed by atoms with E-state index in [1.165, 1.54) is 6.20 Å². The van der Waals surface area contributed by atoms with Gasteiger partial charge in [0, 0.05) is 18.9 Å². The Morgan fingerprint density at radius 1 is 1.17 bits per heavy atom. The molecule has 23 heavy (non-hydrogen) atoms. The summed E-state index contributed by atoms with van der Waals surface area (Å²) in [6.45, 7) is 2.21. The molecule has 1 N–H and O–H groups in total. The van der Waals surface area contributed by atoms with Crippen molar-refractivity contribution in [1.29, 1.82) is 0 Å². The lowest BCUT2D eigenvalue weighted by Gasteiger charge is -2.07. The summed E-state index contributed by atoms with van der Waals surface area (Å²) in [6, 6.07) is 13.4. The summed E-state index contributed by atoms with van der Waals surface area (Å²) in [5.74, 6) is 0.428. The van der Waals surface area contributed by atoms with Crippen molar-refractivity contribution in [1.82, 2.24) is 20.1 Å². The highest BCUT2D eigenvalue weighted by molar-refractivity contribution is 5.70. The number of hydrogen-bond donors (Lipinski definition) is 1. The van der Waals surface area contributed by atoms with Crippen LogP contribution in [0.2, 0.25) is 0 Å². The van der Waals surface area contributed by atoms with Crippen LogP contribution in [-0.2, 0) is 6.54 Å². The smallest absolute Gasteiger partial charge is 0.407 e. The monoisotopic (exact) mass is 308 g/mol. The summed E-state index contributed by atoms with van der Waals surface area (Å²) >= 11 is 0. The second kappa shape index (κ2) is 6.74. The van der Waals surface area contributed by atoms with Crippen LogP contribution in [-0.4, -0.2) is 20.9 Å². The fraction of sp³-hybridized carbons (Fsp3) is 0.118. The summed E-state index contributed by atoms with van der Waals surface area (Å²) in [5, 5.41) is 6.94. The Kier molecular flexibility index (Phi) is 4.33. The van der Waals surface area contributed by atoms with E-state index in [9.17, 15) is 4.79 Å². The van der Waals surface area contributed by atoms with E-state index >= 15 is 0 Å². The van der Waals surface area contributed by atoms with Crippen molar-refractivity contribution in [3.05, 3.63) is 72.3 Å². The summed E-state index contributed by atoms with van der Waals surface area (Å²) in [4.78, 5) is 15.9. The number of hydrogen-bond acceptors (Lipinski definition) is 4. The Morgan fingerprint density at radius 2 is 2.00 bits per heavy atom. The minimum atomic E-state index is -0.524. The van der Waals surface area contributed by atoms with Gasteiger partial charge in [0.15, 0.2) is 5.75 Å². The van der Waals surface area contributed by atoms with Gasteiger partial charge in [-0.2, -0.15) is 5.10 Å². The van der Waals surface area contributed by atoms with Gasteiger partial charge in [-0.1, -0.05) is 24.3 Å². The summed E-state index contributed by atoms with van der Waals surface area (Å²) in [5.41, 5.74) is 2.57. The number of ether oxygens (including phenoxy) is 1. The number of para-hydroxylation sites is 1. The largest absolute Gasteiger partial charge is 0.412 e. The minimum Gasteiger partial charge on any atom is -0.407 e. The lowest BCUT2D eigenvalue weighted by molar-refractivity contribution is 0.199. The molecule has 0 spiro atoms. The quantitative estimate of drug-likeness (QED) is 0.804. The molecule has 0 aliphatic rings. The molecule has 1 amide bonds. The highest BCUT2D eigenvalue weighted by atomic mass is 16.6. The zero-order chi connectivity index (χ0) is 16.1. The number of pyridine rings is 1. The van der Waals surface area contributed by atoms with Crippen molar-refractivity contribution in [2.24, 2.45) is 0 Å².